The molecule has 150 valence electrons. The zero-order valence-electron chi connectivity index (χ0n) is 16.4. The van der Waals surface area contributed by atoms with E-state index in [-0.39, 0.29) is 16.4 Å². The zero-order chi connectivity index (χ0) is 21.0. The second kappa shape index (κ2) is 8.36. The molecule has 0 heterocycles. The molecule has 0 aliphatic carbocycles. The topological polar surface area (TPSA) is 84.5 Å². The molecule has 3 rings (SSSR count). The van der Waals surface area contributed by atoms with Crippen LogP contribution in [0.2, 0.25) is 0 Å². The molecule has 7 heteroatoms. The van der Waals surface area contributed by atoms with Crippen molar-refractivity contribution < 1.29 is 17.9 Å². The average Bonchev–Trinajstić information content (AvgIpc) is 2.72. The highest BCUT2D eigenvalue weighted by Crippen LogP contribution is 2.22. The number of anilines is 2. The van der Waals surface area contributed by atoms with Crippen LogP contribution < -0.4 is 14.8 Å². The van der Waals surface area contributed by atoms with Crippen LogP contribution in [0.25, 0.3) is 0 Å². The molecule has 0 aliphatic rings. The van der Waals surface area contributed by atoms with Gasteiger partial charge in [-0.05, 0) is 73.5 Å². The minimum atomic E-state index is -3.85. The van der Waals surface area contributed by atoms with Gasteiger partial charge in [0, 0.05) is 16.9 Å². The fraction of sp³-hybridized carbons (Fsp3) is 0.136. The lowest BCUT2D eigenvalue weighted by Gasteiger charge is -2.12. The summed E-state index contributed by atoms with van der Waals surface area (Å²) in [5.74, 6) is 0.248. The number of methoxy groups -OCH3 is 1. The average molecular weight is 410 g/mol. The number of carbonyl (C=O) groups is 1. The summed E-state index contributed by atoms with van der Waals surface area (Å²) in [7, 11) is -2.31. The maximum absolute atomic E-state index is 12.7. The van der Waals surface area contributed by atoms with Gasteiger partial charge in [0.25, 0.3) is 15.9 Å². The summed E-state index contributed by atoms with van der Waals surface area (Å²) in [6.45, 7) is 3.88. The van der Waals surface area contributed by atoms with E-state index in [2.05, 4.69) is 10.0 Å². The summed E-state index contributed by atoms with van der Waals surface area (Å²) in [4.78, 5) is 12.6. The van der Waals surface area contributed by atoms with Crippen molar-refractivity contribution in [3.05, 3.63) is 83.4 Å². The molecule has 0 saturated carbocycles. The molecule has 6 nitrogen and oxygen atoms in total. The molecule has 0 aliphatic heterocycles. The lowest BCUT2D eigenvalue weighted by molar-refractivity contribution is 0.102. The molecule has 0 saturated heterocycles. The molecule has 0 fully saturated rings. The van der Waals surface area contributed by atoms with Crippen molar-refractivity contribution >= 4 is 27.3 Å². The maximum atomic E-state index is 12.7. The smallest absolute Gasteiger partial charge is 0.261 e. The molecule has 29 heavy (non-hydrogen) atoms. The van der Waals surface area contributed by atoms with Gasteiger partial charge in [0.1, 0.15) is 5.75 Å². The van der Waals surface area contributed by atoms with Gasteiger partial charge >= 0.3 is 0 Å². The summed E-state index contributed by atoms with van der Waals surface area (Å²) in [6, 6.07) is 18.1. The fourth-order valence-corrected chi connectivity index (χ4v) is 3.86. The molecule has 3 aromatic carbocycles. The van der Waals surface area contributed by atoms with Gasteiger partial charge in [0.05, 0.1) is 12.0 Å². The van der Waals surface area contributed by atoms with Gasteiger partial charge in [-0.25, -0.2) is 8.42 Å². The number of amides is 1. The van der Waals surface area contributed by atoms with Gasteiger partial charge in [-0.3, -0.25) is 9.52 Å². The number of hydrogen-bond acceptors (Lipinski definition) is 4. The molecule has 0 atom stereocenters. The van der Waals surface area contributed by atoms with Crippen molar-refractivity contribution in [2.75, 3.05) is 17.1 Å². The van der Waals surface area contributed by atoms with Crippen molar-refractivity contribution in [3.8, 4) is 5.75 Å². The Hall–Kier alpha value is -3.32. The molecule has 0 spiro atoms. The minimum absolute atomic E-state index is 0.00179. The van der Waals surface area contributed by atoms with Gasteiger partial charge in [-0.2, -0.15) is 0 Å². The Labute approximate surface area is 170 Å². The van der Waals surface area contributed by atoms with Crippen LogP contribution in [0, 0.1) is 13.8 Å². The van der Waals surface area contributed by atoms with E-state index in [1.165, 1.54) is 19.2 Å². The molecule has 0 unspecified atom stereocenters. The number of ether oxygens (including phenoxy) is 1. The van der Waals surface area contributed by atoms with Gasteiger partial charge < -0.3 is 10.1 Å². The summed E-state index contributed by atoms with van der Waals surface area (Å²) in [6.07, 6.45) is 0. The third-order valence-corrected chi connectivity index (χ3v) is 5.98. The highest BCUT2D eigenvalue weighted by molar-refractivity contribution is 7.92. The molecular weight excluding hydrogens is 388 g/mol. The molecule has 0 aromatic heterocycles. The Kier molecular flexibility index (Phi) is 5.89. The van der Waals surface area contributed by atoms with Crippen LogP contribution in [0.4, 0.5) is 11.4 Å². The van der Waals surface area contributed by atoms with Crippen LogP contribution in [-0.2, 0) is 10.0 Å². The molecule has 0 radical (unpaired) electrons. The molecule has 3 aromatic rings. The first-order valence-electron chi connectivity index (χ1n) is 8.94. The Bertz CT molecular complexity index is 1140. The van der Waals surface area contributed by atoms with Crippen LogP contribution in [-0.4, -0.2) is 21.4 Å². The lowest BCUT2D eigenvalue weighted by Crippen LogP contribution is -2.16. The minimum Gasteiger partial charge on any atom is -0.497 e. The Morgan fingerprint density at radius 2 is 1.62 bits per heavy atom. The lowest BCUT2D eigenvalue weighted by atomic mass is 10.1. The largest absolute Gasteiger partial charge is 0.497 e. The van der Waals surface area contributed by atoms with E-state index in [1.54, 1.807) is 36.4 Å². The summed E-state index contributed by atoms with van der Waals surface area (Å²) < 4.78 is 33.0. The number of benzene rings is 3. The van der Waals surface area contributed by atoms with E-state index in [4.69, 9.17) is 4.74 Å². The van der Waals surface area contributed by atoms with Gasteiger partial charge in [0.15, 0.2) is 0 Å². The molecule has 1 amide bonds. The normalized spacial score (nSPS) is 11.0. The highest BCUT2D eigenvalue weighted by Gasteiger charge is 2.17. The maximum Gasteiger partial charge on any atom is 0.261 e. The van der Waals surface area contributed by atoms with E-state index >= 15 is 0 Å². The van der Waals surface area contributed by atoms with Crippen molar-refractivity contribution in [2.24, 2.45) is 0 Å². The number of nitrogens with one attached hydrogen (secondary N) is 2. The van der Waals surface area contributed by atoms with Crippen LogP contribution >= 0.6 is 0 Å². The summed E-state index contributed by atoms with van der Waals surface area (Å²) in [5.41, 5.74) is 3.37. The van der Waals surface area contributed by atoms with E-state index in [0.717, 1.165) is 11.1 Å². The Morgan fingerprint density at radius 1 is 0.931 bits per heavy atom. The molecule has 0 bridgehead atoms. The second-order valence-corrected chi connectivity index (χ2v) is 8.25. The van der Waals surface area contributed by atoms with Crippen molar-refractivity contribution in [1.82, 2.24) is 0 Å². The van der Waals surface area contributed by atoms with E-state index in [0.29, 0.717) is 17.1 Å². The number of hydrogen-bond donors (Lipinski definition) is 2. The van der Waals surface area contributed by atoms with Crippen molar-refractivity contribution in [3.63, 3.8) is 0 Å². The third kappa shape index (κ3) is 4.75. The van der Waals surface area contributed by atoms with Gasteiger partial charge in [0.2, 0.25) is 0 Å². The third-order valence-electron chi connectivity index (χ3n) is 4.60. The first-order valence-corrected chi connectivity index (χ1v) is 10.4. The van der Waals surface area contributed by atoms with Crippen LogP contribution in [0.3, 0.4) is 0 Å². The standard InChI is InChI=1S/C22H22N2O4S/c1-15-6-4-9-21(16(15)2)23-22(25)17-7-5-8-20(14-17)29(26,27)24-18-10-12-19(28-3)13-11-18/h4-14,24H,1-3H3,(H,23,25). The first-order chi connectivity index (χ1) is 13.8. The monoisotopic (exact) mass is 410 g/mol. The van der Waals surface area contributed by atoms with Crippen LogP contribution in [0.5, 0.6) is 5.75 Å². The summed E-state index contributed by atoms with van der Waals surface area (Å²) in [5, 5.41) is 2.84. The first kappa shape index (κ1) is 20.4. The molecular formula is C22H22N2O4S. The zero-order valence-corrected chi connectivity index (χ0v) is 17.2. The highest BCUT2D eigenvalue weighted by atomic mass is 32.2. The van der Waals surface area contributed by atoms with Crippen LogP contribution in [0.1, 0.15) is 21.5 Å². The van der Waals surface area contributed by atoms with Crippen molar-refractivity contribution in [1.29, 1.82) is 0 Å². The van der Waals surface area contributed by atoms with E-state index in [9.17, 15) is 13.2 Å². The predicted octanol–water partition coefficient (Wildman–Crippen LogP) is 4.37. The van der Waals surface area contributed by atoms with Gasteiger partial charge in [-0.1, -0.05) is 18.2 Å². The number of carbonyl (C=O) groups excluding carboxylic acids is 1. The Balaban J connectivity index is 1.82. The molecule has 2 N–H and O–H groups in total. The SMILES string of the molecule is COc1ccc(NS(=O)(=O)c2cccc(C(=O)Nc3cccc(C)c3C)c2)cc1. The number of sulfonamides is 1. The predicted molar refractivity (Wildman–Crippen MR) is 114 cm³/mol. The van der Waals surface area contributed by atoms with E-state index in [1.807, 2.05) is 32.0 Å². The van der Waals surface area contributed by atoms with E-state index < -0.39 is 10.0 Å². The van der Waals surface area contributed by atoms with Crippen molar-refractivity contribution in [2.45, 2.75) is 18.7 Å². The number of aryl methyl sites for hydroxylation is 1. The second-order valence-electron chi connectivity index (χ2n) is 6.56. The quantitative estimate of drug-likeness (QED) is 0.632. The van der Waals surface area contributed by atoms with Gasteiger partial charge in [-0.15, -0.1) is 0 Å². The van der Waals surface area contributed by atoms with Crippen LogP contribution in [0.15, 0.2) is 71.6 Å². The summed E-state index contributed by atoms with van der Waals surface area (Å²) >= 11 is 0. The Morgan fingerprint density at radius 3 is 2.31 bits per heavy atom. The fourth-order valence-electron chi connectivity index (χ4n) is 2.76. The number of rotatable bonds is 6.